The Kier molecular flexibility index (Phi) is 2.86. The fourth-order valence-corrected chi connectivity index (χ4v) is 4.45. The van der Waals surface area contributed by atoms with Gasteiger partial charge in [-0.3, -0.25) is 4.18 Å². The van der Waals surface area contributed by atoms with Gasteiger partial charge in [0.15, 0.2) is 0 Å². The molecule has 0 aliphatic heterocycles. The van der Waals surface area contributed by atoms with E-state index in [1.54, 1.807) is 0 Å². The lowest BCUT2D eigenvalue weighted by Crippen LogP contribution is -2.58. The molecule has 3 fully saturated rings. The van der Waals surface area contributed by atoms with Gasteiger partial charge in [0.05, 0.1) is 12.4 Å². The third kappa shape index (κ3) is 1.90. The highest BCUT2D eigenvalue weighted by atomic mass is 32.2. The Morgan fingerprint density at radius 1 is 1.31 bits per heavy atom. The highest BCUT2D eigenvalue weighted by Gasteiger charge is 2.57. The largest absolute Gasteiger partial charge is 0.267 e. The predicted octanol–water partition coefficient (Wildman–Crippen LogP) is 2.42. The van der Waals surface area contributed by atoms with E-state index < -0.39 is 10.1 Å². The van der Waals surface area contributed by atoms with Crippen molar-refractivity contribution >= 4 is 10.1 Å². The maximum atomic E-state index is 11.2. The van der Waals surface area contributed by atoms with Crippen molar-refractivity contribution < 1.29 is 12.6 Å². The third-order valence-electron chi connectivity index (χ3n) is 4.83. The Balaban J connectivity index is 2.13. The maximum Gasteiger partial charge on any atom is 0.264 e. The van der Waals surface area contributed by atoms with Crippen molar-refractivity contribution in [3.05, 3.63) is 0 Å². The molecular weight excluding hydrogens is 224 g/mol. The van der Waals surface area contributed by atoms with E-state index in [0.717, 1.165) is 19.1 Å². The molecule has 94 valence electrons. The quantitative estimate of drug-likeness (QED) is 0.718. The first-order chi connectivity index (χ1) is 7.25. The molecule has 0 aromatic carbocycles. The molecule has 0 unspecified atom stereocenters. The Morgan fingerprint density at radius 2 is 1.94 bits per heavy atom. The minimum atomic E-state index is -3.31. The van der Waals surface area contributed by atoms with E-state index >= 15 is 0 Å². The number of hydrogen-bond acceptors (Lipinski definition) is 3. The first-order valence-corrected chi connectivity index (χ1v) is 7.95. The van der Waals surface area contributed by atoms with E-state index in [1.807, 2.05) is 0 Å². The van der Waals surface area contributed by atoms with Crippen molar-refractivity contribution in [3.8, 4) is 0 Å². The van der Waals surface area contributed by atoms with Gasteiger partial charge in [0, 0.05) is 0 Å². The van der Waals surface area contributed by atoms with E-state index in [1.165, 1.54) is 6.42 Å². The topological polar surface area (TPSA) is 43.4 Å². The predicted molar refractivity (Wildman–Crippen MR) is 63.5 cm³/mol. The fourth-order valence-electron chi connectivity index (χ4n) is 3.78. The lowest BCUT2D eigenvalue weighted by molar-refractivity contribution is -0.152. The van der Waals surface area contributed by atoms with Crippen LogP contribution >= 0.6 is 0 Å². The van der Waals surface area contributed by atoms with Gasteiger partial charge in [-0.05, 0) is 36.0 Å². The van der Waals surface area contributed by atoms with Crippen LogP contribution < -0.4 is 0 Å². The summed E-state index contributed by atoms with van der Waals surface area (Å²) in [7, 11) is -3.31. The van der Waals surface area contributed by atoms with E-state index in [9.17, 15) is 8.42 Å². The molecule has 0 radical (unpaired) electrons. The molecule has 3 saturated carbocycles. The molecule has 3 nitrogen and oxygen atoms in total. The van der Waals surface area contributed by atoms with Crippen LogP contribution in [0.1, 0.15) is 40.0 Å². The number of fused-ring (bicyclic) bond motifs is 2. The normalized spacial score (nSPS) is 41.5. The zero-order chi connectivity index (χ0) is 12.1. The van der Waals surface area contributed by atoms with E-state index in [2.05, 4.69) is 20.8 Å². The van der Waals surface area contributed by atoms with Crippen LogP contribution in [0.25, 0.3) is 0 Å². The van der Waals surface area contributed by atoms with E-state index in [-0.39, 0.29) is 6.10 Å². The lowest BCUT2D eigenvalue weighted by atomic mass is 9.44. The molecule has 4 heteroatoms. The molecule has 0 saturated heterocycles. The third-order valence-corrected chi connectivity index (χ3v) is 5.42. The molecule has 0 spiro atoms. The minimum Gasteiger partial charge on any atom is -0.267 e. The van der Waals surface area contributed by atoms with Gasteiger partial charge in [-0.25, -0.2) is 0 Å². The molecule has 0 heterocycles. The summed E-state index contributed by atoms with van der Waals surface area (Å²) in [5, 5.41) is 0. The Hall–Kier alpha value is -0.0900. The Bertz CT molecular complexity index is 372. The second kappa shape index (κ2) is 3.70. The van der Waals surface area contributed by atoms with Crippen molar-refractivity contribution in [2.75, 3.05) is 6.26 Å². The van der Waals surface area contributed by atoms with Crippen molar-refractivity contribution in [2.24, 2.45) is 23.2 Å². The van der Waals surface area contributed by atoms with Crippen molar-refractivity contribution in [3.63, 3.8) is 0 Å². The summed E-state index contributed by atoms with van der Waals surface area (Å²) in [4.78, 5) is 0. The second-order valence-electron chi connectivity index (χ2n) is 6.01. The summed E-state index contributed by atoms with van der Waals surface area (Å²) < 4.78 is 27.7. The molecule has 0 N–H and O–H groups in total. The van der Waals surface area contributed by atoms with Gasteiger partial charge in [0.1, 0.15) is 0 Å². The summed E-state index contributed by atoms with van der Waals surface area (Å²) in [6, 6.07) is 0. The van der Waals surface area contributed by atoms with Crippen LogP contribution in [0.3, 0.4) is 0 Å². The first-order valence-electron chi connectivity index (χ1n) is 6.14. The van der Waals surface area contributed by atoms with Gasteiger partial charge in [-0.2, -0.15) is 8.42 Å². The van der Waals surface area contributed by atoms with Crippen molar-refractivity contribution in [1.82, 2.24) is 0 Å². The minimum absolute atomic E-state index is 0.0724. The molecule has 3 rings (SSSR count). The number of rotatable bonds is 3. The average Bonchev–Trinajstić information content (AvgIpc) is 2.14. The average molecular weight is 246 g/mol. The summed E-state index contributed by atoms with van der Waals surface area (Å²) >= 11 is 0. The van der Waals surface area contributed by atoms with Crippen LogP contribution in [0, 0.1) is 23.2 Å². The van der Waals surface area contributed by atoms with Gasteiger partial charge >= 0.3 is 0 Å². The molecule has 0 aromatic heterocycles. The maximum absolute atomic E-state index is 11.2. The molecule has 2 bridgehead atoms. The van der Waals surface area contributed by atoms with Crippen molar-refractivity contribution in [1.29, 1.82) is 0 Å². The van der Waals surface area contributed by atoms with E-state index in [4.69, 9.17) is 4.18 Å². The monoisotopic (exact) mass is 246 g/mol. The standard InChI is InChI=1S/C12H22O3S/c1-5-9-10-6-8(12(10,2)3)7-11(9)15-16(4,13)14/h8-11H,5-7H2,1-4H3/t8-,9+,10+,11+/m1/s1. The molecule has 16 heavy (non-hydrogen) atoms. The fraction of sp³-hybridized carbons (Fsp3) is 1.00. The zero-order valence-corrected chi connectivity index (χ0v) is 11.4. The molecule has 0 amide bonds. The van der Waals surface area contributed by atoms with Gasteiger partial charge in [0.2, 0.25) is 0 Å². The molecule has 4 atom stereocenters. The van der Waals surface area contributed by atoms with Crippen LogP contribution in [-0.4, -0.2) is 20.8 Å². The summed E-state index contributed by atoms with van der Waals surface area (Å²) in [5.74, 6) is 1.70. The van der Waals surface area contributed by atoms with Gasteiger partial charge in [-0.1, -0.05) is 27.2 Å². The molecule has 3 aliphatic carbocycles. The highest BCUT2D eigenvalue weighted by Crippen LogP contribution is 2.62. The Labute approximate surface area is 98.7 Å². The van der Waals surface area contributed by atoms with Gasteiger partial charge in [0.25, 0.3) is 10.1 Å². The summed E-state index contributed by atoms with van der Waals surface area (Å²) in [5.41, 5.74) is 0.387. The van der Waals surface area contributed by atoms with Crippen LogP contribution in [0.4, 0.5) is 0 Å². The second-order valence-corrected chi connectivity index (χ2v) is 7.61. The van der Waals surface area contributed by atoms with Crippen molar-refractivity contribution in [2.45, 2.75) is 46.1 Å². The molecular formula is C12H22O3S. The molecule has 0 aromatic rings. The van der Waals surface area contributed by atoms with Gasteiger partial charge in [-0.15, -0.1) is 0 Å². The first kappa shape index (κ1) is 12.4. The summed E-state index contributed by atoms with van der Waals surface area (Å²) in [6.45, 7) is 6.76. The smallest absolute Gasteiger partial charge is 0.264 e. The van der Waals surface area contributed by atoms with Gasteiger partial charge < -0.3 is 0 Å². The zero-order valence-electron chi connectivity index (χ0n) is 10.6. The summed E-state index contributed by atoms with van der Waals surface area (Å²) in [6.07, 6.45) is 4.27. The Morgan fingerprint density at radius 3 is 2.38 bits per heavy atom. The molecule has 3 aliphatic rings. The van der Waals surface area contributed by atoms with Crippen LogP contribution in [0.2, 0.25) is 0 Å². The SMILES string of the molecule is CC[C@@H]1[C@@H](OS(C)(=O)=O)C[C@H]2C[C@@H]1C2(C)C. The van der Waals surface area contributed by atoms with Crippen LogP contribution in [0.5, 0.6) is 0 Å². The van der Waals surface area contributed by atoms with Crippen LogP contribution in [0.15, 0.2) is 0 Å². The number of hydrogen-bond donors (Lipinski definition) is 0. The lowest BCUT2D eigenvalue weighted by Gasteiger charge is -2.62. The highest BCUT2D eigenvalue weighted by molar-refractivity contribution is 7.86. The van der Waals surface area contributed by atoms with E-state index in [0.29, 0.717) is 23.2 Å². The van der Waals surface area contributed by atoms with Crippen LogP contribution in [-0.2, 0) is 14.3 Å².